The van der Waals surface area contributed by atoms with Crippen LogP contribution < -0.4 is 5.32 Å². The molecule has 0 aliphatic heterocycles. The summed E-state index contributed by atoms with van der Waals surface area (Å²) in [4.78, 5) is 15.6. The molecule has 2 aromatic rings. The van der Waals surface area contributed by atoms with Crippen molar-refractivity contribution in [2.75, 3.05) is 5.32 Å². The van der Waals surface area contributed by atoms with Crippen molar-refractivity contribution < 1.29 is 9.90 Å². The maximum atomic E-state index is 11.9. The SMILES string of the molecule is Cc1ccccc1NC(=O)c1ccncc1O. The second-order valence-corrected chi connectivity index (χ2v) is 3.66. The lowest BCUT2D eigenvalue weighted by Crippen LogP contribution is -2.12. The van der Waals surface area contributed by atoms with Crippen LogP contribution in [-0.2, 0) is 0 Å². The predicted octanol–water partition coefficient (Wildman–Crippen LogP) is 2.35. The molecule has 2 rings (SSSR count). The monoisotopic (exact) mass is 228 g/mol. The molecule has 0 unspecified atom stereocenters. The van der Waals surface area contributed by atoms with Gasteiger partial charge in [-0.15, -0.1) is 0 Å². The largest absolute Gasteiger partial charge is 0.505 e. The number of nitrogens with one attached hydrogen (secondary N) is 1. The summed E-state index contributed by atoms with van der Waals surface area (Å²) in [5.74, 6) is -0.474. The lowest BCUT2D eigenvalue weighted by molar-refractivity contribution is 0.102. The third kappa shape index (κ3) is 2.42. The number of benzene rings is 1. The molecule has 0 saturated heterocycles. The highest BCUT2D eigenvalue weighted by atomic mass is 16.3. The Bertz CT molecular complexity index is 553. The zero-order valence-corrected chi connectivity index (χ0v) is 9.34. The first-order chi connectivity index (χ1) is 8.18. The molecule has 86 valence electrons. The molecule has 17 heavy (non-hydrogen) atoms. The Kier molecular flexibility index (Phi) is 3.05. The van der Waals surface area contributed by atoms with Crippen molar-refractivity contribution in [2.45, 2.75) is 6.92 Å². The summed E-state index contributed by atoms with van der Waals surface area (Å²) in [7, 11) is 0. The molecule has 2 N–H and O–H groups in total. The van der Waals surface area contributed by atoms with Crippen LogP contribution in [0.3, 0.4) is 0 Å². The molecule has 1 amide bonds. The van der Waals surface area contributed by atoms with Crippen molar-refractivity contribution in [1.82, 2.24) is 4.98 Å². The zero-order valence-electron chi connectivity index (χ0n) is 9.34. The number of nitrogens with zero attached hydrogens (tertiary/aromatic N) is 1. The number of hydrogen-bond donors (Lipinski definition) is 2. The molecule has 0 saturated carbocycles. The van der Waals surface area contributed by atoms with E-state index in [1.807, 2.05) is 31.2 Å². The first-order valence-corrected chi connectivity index (χ1v) is 5.18. The summed E-state index contributed by atoms with van der Waals surface area (Å²) in [6, 6.07) is 8.93. The van der Waals surface area contributed by atoms with E-state index in [4.69, 9.17) is 0 Å². The highest BCUT2D eigenvalue weighted by Gasteiger charge is 2.11. The number of aromatic nitrogens is 1. The number of anilines is 1. The molecule has 4 nitrogen and oxygen atoms in total. The number of hydrogen-bond acceptors (Lipinski definition) is 3. The molecular weight excluding hydrogens is 216 g/mol. The molecule has 0 bridgehead atoms. The van der Waals surface area contributed by atoms with Gasteiger partial charge in [0.25, 0.3) is 5.91 Å². The van der Waals surface area contributed by atoms with Crippen LogP contribution in [-0.4, -0.2) is 16.0 Å². The lowest BCUT2D eigenvalue weighted by Gasteiger charge is -2.08. The Morgan fingerprint density at radius 2 is 2.06 bits per heavy atom. The maximum Gasteiger partial charge on any atom is 0.259 e. The molecule has 0 aliphatic carbocycles. The number of rotatable bonds is 2. The topological polar surface area (TPSA) is 62.2 Å². The van der Waals surface area contributed by atoms with E-state index in [9.17, 15) is 9.90 Å². The number of aryl methyl sites for hydroxylation is 1. The highest BCUT2D eigenvalue weighted by Crippen LogP contribution is 2.18. The van der Waals surface area contributed by atoms with Gasteiger partial charge >= 0.3 is 0 Å². The van der Waals surface area contributed by atoms with Gasteiger partial charge in [0, 0.05) is 11.9 Å². The molecular formula is C13H12N2O2. The number of aromatic hydroxyl groups is 1. The highest BCUT2D eigenvalue weighted by molar-refractivity contribution is 6.06. The predicted molar refractivity (Wildman–Crippen MR) is 65.0 cm³/mol. The molecule has 1 heterocycles. The van der Waals surface area contributed by atoms with Crippen LogP contribution in [0.25, 0.3) is 0 Å². The van der Waals surface area contributed by atoms with Crippen LogP contribution in [0.5, 0.6) is 5.75 Å². The van der Waals surface area contributed by atoms with Gasteiger partial charge in [0.2, 0.25) is 0 Å². The Morgan fingerprint density at radius 3 is 2.76 bits per heavy atom. The van der Waals surface area contributed by atoms with Gasteiger partial charge in [-0.2, -0.15) is 0 Å². The van der Waals surface area contributed by atoms with E-state index in [2.05, 4.69) is 10.3 Å². The molecule has 0 radical (unpaired) electrons. The van der Waals surface area contributed by atoms with E-state index in [0.29, 0.717) is 0 Å². The van der Waals surface area contributed by atoms with Crippen molar-refractivity contribution >= 4 is 11.6 Å². The molecule has 0 aliphatic rings. The van der Waals surface area contributed by atoms with Gasteiger partial charge in [-0.25, -0.2) is 0 Å². The third-order valence-electron chi connectivity index (χ3n) is 2.44. The van der Waals surface area contributed by atoms with E-state index >= 15 is 0 Å². The average Bonchev–Trinajstić information content (AvgIpc) is 2.32. The number of pyridine rings is 1. The van der Waals surface area contributed by atoms with E-state index in [1.165, 1.54) is 18.5 Å². The Balaban J connectivity index is 2.24. The first kappa shape index (κ1) is 11.1. The Labute approximate surface area is 98.9 Å². The number of para-hydroxylation sites is 1. The lowest BCUT2D eigenvalue weighted by atomic mass is 10.2. The van der Waals surface area contributed by atoms with Gasteiger partial charge in [-0.3, -0.25) is 9.78 Å². The second kappa shape index (κ2) is 4.65. The summed E-state index contributed by atoms with van der Waals surface area (Å²) in [5.41, 5.74) is 1.91. The number of carbonyl (C=O) groups excluding carboxylic acids is 1. The molecule has 0 fully saturated rings. The summed E-state index contributed by atoms with van der Waals surface area (Å²) < 4.78 is 0. The van der Waals surface area contributed by atoms with Crippen LogP contribution in [0.2, 0.25) is 0 Å². The Hall–Kier alpha value is -2.36. The number of amides is 1. The number of carbonyl (C=O) groups is 1. The van der Waals surface area contributed by atoms with Crippen molar-refractivity contribution in [3.05, 3.63) is 53.9 Å². The third-order valence-corrected chi connectivity index (χ3v) is 2.44. The summed E-state index contributed by atoms with van der Waals surface area (Å²) in [6.45, 7) is 1.90. The van der Waals surface area contributed by atoms with E-state index in [-0.39, 0.29) is 17.2 Å². The van der Waals surface area contributed by atoms with Crippen LogP contribution in [0.4, 0.5) is 5.69 Å². The van der Waals surface area contributed by atoms with Crippen molar-refractivity contribution in [3.8, 4) is 5.75 Å². The minimum absolute atomic E-state index is 0.126. The zero-order chi connectivity index (χ0) is 12.3. The van der Waals surface area contributed by atoms with Gasteiger partial charge in [0.1, 0.15) is 5.75 Å². The van der Waals surface area contributed by atoms with Crippen LogP contribution in [0.1, 0.15) is 15.9 Å². The van der Waals surface area contributed by atoms with Crippen molar-refractivity contribution in [2.24, 2.45) is 0 Å². The fourth-order valence-corrected chi connectivity index (χ4v) is 1.48. The normalized spacial score (nSPS) is 9.94. The minimum Gasteiger partial charge on any atom is -0.505 e. The van der Waals surface area contributed by atoms with Crippen LogP contribution in [0.15, 0.2) is 42.7 Å². The smallest absolute Gasteiger partial charge is 0.259 e. The average molecular weight is 228 g/mol. The van der Waals surface area contributed by atoms with Crippen LogP contribution >= 0.6 is 0 Å². The quantitative estimate of drug-likeness (QED) is 0.829. The molecule has 0 atom stereocenters. The molecule has 1 aromatic carbocycles. The van der Waals surface area contributed by atoms with Gasteiger partial charge in [0.05, 0.1) is 11.8 Å². The Morgan fingerprint density at radius 1 is 1.29 bits per heavy atom. The van der Waals surface area contributed by atoms with Crippen LogP contribution in [0, 0.1) is 6.92 Å². The van der Waals surface area contributed by atoms with Crippen molar-refractivity contribution in [3.63, 3.8) is 0 Å². The fourth-order valence-electron chi connectivity index (χ4n) is 1.48. The van der Waals surface area contributed by atoms with Gasteiger partial charge in [-0.05, 0) is 24.6 Å². The van der Waals surface area contributed by atoms with Gasteiger partial charge in [0.15, 0.2) is 0 Å². The standard InChI is InChI=1S/C13H12N2O2/c1-9-4-2-3-5-11(9)15-13(17)10-6-7-14-8-12(10)16/h2-8,16H,1H3,(H,15,17). The van der Waals surface area contributed by atoms with Gasteiger partial charge in [-0.1, -0.05) is 18.2 Å². The van der Waals surface area contributed by atoms with Crippen molar-refractivity contribution in [1.29, 1.82) is 0 Å². The van der Waals surface area contributed by atoms with E-state index < -0.39 is 0 Å². The first-order valence-electron chi connectivity index (χ1n) is 5.18. The summed E-state index contributed by atoms with van der Waals surface area (Å²) in [6.07, 6.45) is 2.71. The van der Waals surface area contributed by atoms with Gasteiger partial charge < -0.3 is 10.4 Å². The summed E-state index contributed by atoms with van der Waals surface area (Å²) in [5, 5.41) is 12.2. The molecule has 4 heteroatoms. The maximum absolute atomic E-state index is 11.9. The molecule has 0 spiro atoms. The minimum atomic E-state index is -0.348. The second-order valence-electron chi connectivity index (χ2n) is 3.66. The fraction of sp³-hybridized carbons (Fsp3) is 0.0769. The molecule has 1 aromatic heterocycles. The summed E-state index contributed by atoms with van der Waals surface area (Å²) >= 11 is 0. The van der Waals surface area contributed by atoms with E-state index in [1.54, 1.807) is 0 Å². The van der Waals surface area contributed by atoms with E-state index in [0.717, 1.165) is 11.3 Å².